The van der Waals surface area contributed by atoms with E-state index in [1.54, 1.807) is 0 Å². The highest BCUT2D eigenvalue weighted by Gasteiger charge is 2.38. The molecule has 11 heavy (non-hydrogen) atoms. The Morgan fingerprint density at radius 3 is 2.09 bits per heavy atom. The molecule has 1 aliphatic rings. The van der Waals surface area contributed by atoms with E-state index in [1.807, 2.05) is 0 Å². The zero-order valence-electron chi connectivity index (χ0n) is 5.81. The van der Waals surface area contributed by atoms with Crippen LogP contribution in [0.15, 0.2) is 0 Å². The molecule has 0 atom stereocenters. The number of halogens is 2. The lowest BCUT2D eigenvalue weighted by atomic mass is 9.93. The normalized spacial score (nSPS) is 22.2. The molecule has 1 heterocycles. The van der Waals surface area contributed by atoms with Gasteiger partial charge in [-0.15, -0.1) is 0 Å². The van der Waals surface area contributed by atoms with Crippen LogP contribution in [0.3, 0.4) is 0 Å². The molecule has 0 radical (unpaired) electrons. The van der Waals surface area contributed by atoms with E-state index in [9.17, 15) is 13.6 Å². The molecule has 5 heteroatoms. The summed E-state index contributed by atoms with van der Waals surface area (Å²) in [7, 11) is 0. The van der Waals surface area contributed by atoms with Crippen molar-refractivity contribution in [3.05, 3.63) is 0 Å². The SMILES string of the molecule is O=C1OCC(CF)(CF)CO1. The fourth-order valence-corrected chi connectivity index (χ4v) is 0.697. The van der Waals surface area contributed by atoms with E-state index in [0.717, 1.165) is 0 Å². The van der Waals surface area contributed by atoms with E-state index in [2.05, 4.69) is 9.47 Å². The van der Waals surface area contributed by atoms with Crippen LogP contribution in [-0.4, -0.2) is 32.7 Å². The zero-order valence-corrected chi connectivity index (χ0v) is 5.81. The van der Waals surface area contributed by atoms with Crippen molar-refractivity contribution in [2.45, 2.75) is 0 Å². The second kappa shape index (κ2) is 3.02. The van der Waals surface area contributed by atoms with Gasteiger partial charge in [0.05, 0.1) is 5.41 Å². The number of hydrogen-bond donors (Lipinski definition) is 0. The van der Waals surface area contributed by atoms with Crippen molar-refractivity contribution in [3.63, 3.8) is 0 Å². The molecule has 1 aliphatic heterocycles. The predicted octanol–water partition coefficient (Wildman–Crippen LogP) is 1.08. The maximum atomic E-state index is 12.2. The Bertz CT molecular complexity index is 144. The number of carbonyl (C=O) groups excluding carboxylic acids is 1. The van der Waals surface area contributed by atoms with Crippen molar-refractivity contribution in [3.8, 4) is 0 Å². The fraction of sp³-hybridized carbons (Fsp3) is 0.833. The van der Waals surface area contributed by atoms with Gasteiger partial charge in [-0.1, -0.05) is 0 Å². The maximum Gasteiger partial charge on any atom is 0.508 e. The standard InChI is InChI=1S/C6H8F2O3/c7-1-6(2-8)3-10-5(9)11-4-6/h1-4H2. The Morgan fingerprint density at radius 2 is 1.73 bits per heavy atom. The van der Waals surface area contributed by atoms with E-state index < -0.39 is 24.9 Å². The fourth-order valence-electron chi connectivity index (χ4n) is 0.697. The van der Waals surface area contributed by atoms with Gasteiger partial charge in [0.2, 0.25) is 0 Å². The van der Waals surface area contributed by atoms with Gasteiger partial charge in [-0.05, 0) is 0 Å². The summed E-state index contributed by atoms with van der Waals surface area (Å²) in [5.41, 5.74) is -1.26. The van der Waals surface area contributed by atoms with Crippen molar-refractivity contribution >= 4 is 6.16 Å². The number of cyclic esters (lactones) is 2. The van der Waals surface area contributed by atoms with Crippen LogP contribution >= 0.6 is 0 Å². The van der Waals surface area contributed by atoms with Gasteiger partial charge in [0.15, 0.2) is 0 Å². The Morgan fingerprint density at radius 1 is 1.27 bits per heavy atom. The quantitative estimate of drug-likeness (QED) is 0.576. The summed E-state index contributed by atoms with van der Waals surface area (Å²) >= 11 is 0. The summed E-state index contributed by atoms with van der Waals surface area (Å²) < 4.78 is 33.0. The van der Waals surface area contributed by atoms with Gasteiger partial charge in [0, 0.05) is 0 Å². The third kappa shape index (κ3) is 1.58. The Labute approximate surface area is 62.3 Å². The van der Waals surface area contributed by atoms with Crippen molar-refractivity contribution in [2.24, 2.45) is 5.41 Å². The van der Waals surface area contributed by atoms with E-state index in [0.29, 0.717) is 0 Å². The third-order valence-corrected chi connectivity index (χ3v) is 1.56. The smallest absolute Gasteiger partial charge is 0.433 e. The van der Waals surface area contributed by atoms with Crippen LogP contribution < -0.4 is 0 Å². The lowest BCUT2D eigenvalue weighted by molar-refractivity contribution is -0.0769. The summed E-state index contributed by atoms with van der Waals surface area (Å²) in [5.74, 6) is 0. The zero-order chi connectivity index (χ0) is 8.32. The molecule has 1 fully saturated rings. The maximum absolute atomic E-state index is 12.2. The molecule has 0 aromatic rings. The van der Waals surface area contributed by atoms with Crippen molar-refractivity contribution < 1.29 is 23.0 Å². The second-order valence-corrected chi connectivity index (χ2v) is 2.59. The van der Waals surface area contributed by atoms with E-state index >= 15 is 0 Å². The molecule has 1 saturated heterocycles. The Hall–Kier alpha value is -0.870. The van der Waals surface area contributed by atoms with Gasteiger partial charge >= 0.3 is 6.16 Å². The topological polar surface area (TPSA) is 35.5 Å². The predicted molar refractivity (Wildman–Crippen MR) is 31.7 cm³/mol. The monoisotopic (exact) mass is 166 g/mol. The number of ether oxygens (including phenoxy) is 2. The molecule has 0 unspecified atom stereocenters. The summed E-state index contributed by atoms with van der Waals surface area (Å²) in [6.07, 6.45) is -0.859. The third-order valence-electron chi connectivity index (χ3n) is 1.56. The van der Waals surface area contributed by atoms with Gasteiger partial charge in [0.1, 0.15) is 26.6 Å². The highest BCUT2D eigenvalue weighted by molar-refractivity contribution is 5.60. The van der Waals surface area contributed by atoms with Crippen molar-refractivity contribution in [2.75, 3.05) is 26.6 Å². The average Bonchev–Trinajstić information content (AvgIpc) is 2.07. The van der Waals surface area contributed by atoms with Crippen molar-refractivity contribution in [1.82, 2.24) is 0 Å². The van der Waals surface area contributed by atoms with Gasteiger partial charge in [-0.25, -0.2) is 4.79 Å². The first-order valence-electron chi connectivity index (χ1n) is 3.14. The summed E-state index contributed by atoms with van der Waals surface area (Å²) in [5, 5.41) is 0. The Kier molecular flexibility index (Phi) is 2.26. The van der Waals surface area contributed by atoms with Crippen LogP contribution in [0, 0.1) is 5.41 Å². The average molecular weight is 166 g/mol. The molecule has 64 valence electrons. The lowest BCUT2D eigenvalue weighted by Crippen LogP contribution is -2.42. The molecular weight excluding hydrogens is 158 g/mol. The van der Waals surface area contributed by atoms with E-state index in [-0.39, 0.29) is 13.2 Å². The molecule has 0 saturated carbocycles. The molecule has 0 aromatic heterocycles. The van der Waals surface area contributed by atoms with Crippen molar-refractivity contribution in [1.29, 1.82) is 0 Å². The first-order valence-corrected chi connectivity index (χ1v) is 3.14. The number of hydrogen-bond acceptors (Lipinski definition) is 3. The summed E-state index contributed by atoms with van der Waals surface area (Å²) in [6.45, 7) is -2.23. The second-order valence-electron chi connectivity index (χ2n) is 2.59. The largest absolute Gasteiger partial charge is 0.508 e. The minimum Gasteiger partial charge on any atom is -0.433 e. The molecule has 1 rings (SSSR count). The molecular formula is C6H8F2O3. The summed E-state index contributed by atoms with van der Waals surface area (Å²) in [4.78, 5) is 10.3. The molecule has 0 amide bonds. The van der Waals surface area contributed by atoms with Crippen LogP contribution in [0.1, 0.15) is 0 Å². The molecule has 0 bridgehead atoms. The molecule has 0 aliphatic carbocycles. The highest BCUT2D eigenvalue weighted by Crippen LogP contribution is 2.23. The molecule has 0 N–H and O–H groups in total. The minimum absolute atomic E-state index is 0.237. The number of alkyl halides is 2. The lowest BCUT2D eigenvalue weighted by Gasteiger charge is -2.30. The highest BCUT2D eigenvalue weighted by atomic mass is 19.1. The van der Waals surface area contributed by atoms with Gasteiger partial charge in [-0.3, -0.25) is 8.78 Å². The molecule has 0 spiro atoms. The molecule has 3 nitrogen and oxygen atoms in total. The first kappa shape index (κ1) is 8.23. The molecule has 0 aromatic carbocycles. The first-order chi connectivity index (χ1) is 5.22. The van der Waals surface area contributed by atoms with Crippen LogP contribution in [-0.2, 0) is 9.47 Å². The van der Waals surface area contributed by atoms with Gasteiger partial charge in [-0.2, -0.15) is 0 Å². The van der Waals surface area contributed by atoms with Crippen LogP contribution in [0.5, 0.6) is 0 Å². The van der Waals surface area contributed by atoms with E-state index in [1.165, 1.54) is 0 Å². The minimum atomic E-state index is -1.26. The number of rotatable bonds is 2. The summed E-state index contributed by atoms with van der Waals surface area (Å²) in [6, 6.07) is 0. The number of carbonyl (C=O) groups is 1. The van der Waals surface area contributed by atoms with Crippen LogP contribution in [0.4, 0.5) is 13.6 Å². The van der Waals surface area contributed by atoms with E-state index in [4.69, 9.17) is 0 Å². The van der Waals surface area contributed by atoms with Crippen LogP contribution in [0.2, 0.25) is 0 Å². The van der Waals surface area contributed by atoms with Gasteiger partial charge in [0.25, 0.3) is 0 Å². The van der Waals surface area contributed by atoms with Gasteiger partial charge < -0.3 is 9.47 Å². The Balaban J connectivity index is 2.52. The van der Waals surface area contributed by atoms with Crippen LogP contribution in [0.25, 0.3) is 0 Å².